The molecule has 0 aliphatic rings. The van der Waals surface area contributed by atoms with Crippen molar-refractivity contribution in [3.63, 3.8) is 0 Å². The predicted molar refractivity (Wildman–Crippen MR) is 51.7 cm³/mol. The minimum atomic E-state index is 0.321. The van der Waals surface area contributed by atoms with Crippen molar-refractivity contribution in [2.24, 2.45) is 0 Å². The van der Waals surface area contributed by atoms with Crippen LogP contribution < -0.4 is 0 Å². The third-order valence-corrected chi connectivity index (χ3v) is 2.96. The third-order valence-electron chi connectivity index (χ3n) is 1.31. The van der Waals surface area contributed by atoms with Gasteiger partial charge in [-0.3, -0.25) is 0 Å². The molecule has 1 rings (SSSR count). The van der Waals surface area contributed by atoms with Crippen LogP contribution in [0.3, 0.4) is 0 Å². The van der Waals surface area contributed by atoms with Crippen LogP contribution in [0.2, 0.25) is 0 Å². The minimum Gasteiger partial charge on any atom is -0.160 e. The maximum Gasteiger partial charge on any atom is 0.0718 e. The molecule has 0 saturated carbocycles. The van der Waals surface area contributed by atoms with Crippen molar-refractivity contribution >= 4 is 24.4 Å². The van der Waals surface area contributed by atoms with E-state index < -0.39 is 0 Å². The summed E-state index contributed by atoms with van der Waals surface area (Å²) in [5, 5.41) is 0. The molecule has 0 aliphatic carbocycles. The highest BCUT2D eigenvalue weighted by atomic mass is 32.2. The summed E-state index contributed by atoms with van der Waals surface area (Å²) >= 11 is 6.12. The van der Waals surface area contributed by atoms with Crippen LogP contribution in [-0.2, 0) is 0 Å². The first-order valence-corrected chi connectivity index (χ1v) is 4.91. The average molecular weight is 170 g/mol. The van der Waals surface area contributed by atoms with Gasteiger partial charge in [-0.1, -0.05) is 30.3 Å². The molecule has 1 aromatic carbocycles. The highest BCUT2D eigenvalue weighted by molar-refractivity contribution is 8.09. The fourth-order valence-corrected chi connectivity index (χ4v) is 1.36. The zero-order chi connectivity index (χ0) is 7.40. The second kappa shape index (κ2) is 3.94. The lowest BCUT2D eigenvalue weighted by Crippen LogP contribution is -1.81. The van der Waals surface area contributed by atoms with Crippen LogP contribution in [0.25, 0.3) is 0 Å². The van der Waals surface area contributed by atoms with Crippen molar-refractivity contribution in [1.82, 2.24) is 0 Å². The third kappa shape index (κ3) is 1.96. The van der Waals surface area contributed by atoms with E-state index in [4.69, 9.17) is 0 Å². The second-order valence-electron chi connectivity index (χ2n) is 2.00. The molecular formula is C8H10S2. The normalized spacial score (nSPS) is 13.0. The molecule has 0 N–H and O–H groups in total. The molecule has 0 aliphatic heterocycles. The lowest BCUT2D eigenvalue weighted by Gasteiger charge is -2.05. The molecule has 0 bridgehead atoms. The van der Waals surface area contributed by atoms with E-state index in [0.717, 1.165) is 0 Å². The Labute approximate surface area is 71.4 Å². The number of rotatable bonds is 2. The highest BCUT2D eigenvalue weighted by Crippen LogP contribution is 2.29. The average Bonchev–Trinajstić information content (AvgIpc) is 2.05. The van der Waals surface area contributed by atoms with Crippen molar-refractivity contribution in [3.05, 3.63) is 35.9 Å². The first-order valence-electron chi connectivity index (χ1n) is 3.10. The molecule has 0 saturated heterocycles. The van der Waals surface area contributed by atoms with Crippen LogP contribution in [-0.4, -0.2) is 6.26 Å². The van der Waals surface area contributed by atoms with Crippen LogP contribution in [0, 0.1) is 0 Å². The Morgan fingerprint density at radius 2 is 1.90 bits per heavy atom. The Hall–Kier alpha value is -0.0800. The Bertz CT molecular complexity index is 184. The molecular weight excluding hydrogens is 160 g/mol. The lowest BCUT2D eigenvalue weighted by atomic mass is 10.2. The van der Waals surface area contributed by atoms with Gasteiger partial charge in [-0.25, -0.2) is 0 Å². The topological polar surface area (TPSA) is 0 Å². The number of hydrogen-bond donors (Lipinski definition) is 1. The summed E-state index contributed by atoms with van der Waals surface area (Å²) in [5.74, 6) is 0. The van der Waals surface area contributed by atoms with E-state index >= 15 is 0 Å². The molecule has 1 aromatic rings. The van der Waals surface area contributed by atoms with E-state index in [0.29, 0.717) is 4.58 Å². The van der Waals surface area contributed by atoms with Gasteiger partial charge in [-0.15, -0.1) is 11.8 Å². The first kappa shape index (κ1) is 8.02. The molecule has 0 fully saturated rings. The number of thioether (sulfide) groups is 1. The summed E-state index contributed by atoms with van der Waals surface area (Å²) in [4.78, 5) is 0. The van der Waals surface area contributed by atoms with Gasteiger partial charge < -0.3 is 0 Å². The summed E-state index contributed by atoms with van der Waals surface area (Å²) in [5.41, 5.74) is 1.28. The van der Waals surface area contributed by atoms with Gasteiger partial charge in [0, 0.05) is 0 Å². The standard InChI is InChI=1S/C8H10S2/c1-10-8(9)7-5-3-2-4-6-7/h2-6,8-9H,1H3. The molecule has 0 radical (unpaired) electrons. The van der Waals surface area contributed by atoms with E-state index in [2.05, 4.69) is 31.0 Å². The fraction of sp³-hybridized carbons (Fsp3) is 0.250. The van der Waals surface area contributed by atoms with Crippen LogP contribution in [0.5, 0.6) is 0 Å². The molecule has 0 nitrogen and oxygen atoms in total. The summed E-state index contributed by atoms with van der Waals surface area (Å²) in [6.45, 7) is 0. The molecule has 10 heavy (non-hydrogen) atoms. The zero-order valence-electron chi connectivity index (χ0n) is 5.82. The Morgan fingerprint density at radius 3 is 2.40 bits per heavy atom. The van der Waals surface area contributed by atoms with Crippen molar-refractivity contribution in [1.29, 1.82) is 0 Å². The van der Waals surface area contributed by atoms with Gasteiger partial charge in [0.2, 0.25) is 0 Å². The summed E-state index contributed by atoms with van der Waals surface area (Å²) < 4.78 is 0.321. The Balaban J connectivity index is 2.75. The van der Waals surface area contributed by atoms with Gasteiger partial charge >= 0.3 is 0 Å². The number of benzene rings is 1. The van der Waals surface area contributed by atoms with Crippen LogP contribution in [0.4, 0.5) is 0 Å². The van der Waals surface area contributed by atoms with Crippen LogP contribution in [0.1, 0.15) is 10.1 Å². The van der Waals surface area contributed by atoms with Gasteiger partial charge in [0.15, 0.2) is 0 Å². The SMILES string of the molecule is CSC(S)c1ccccc1. The van der Waals surface area contributed by atoms with Crippen molar-refractivity contribution < 1.29 is 0 Å². The maximum atomic E-state index is 4.38. The molecule has 54 valence electrons. The monoisotopic (exact) mass is 170 g/mol. The largest absolute Gasteiger partial charge is 0.160 e. The van der Waals surface area contributed by atoms with Crippen LogP contribution >= 0.6 is 24.4 Å². The molecule has 0 aromatic heterocycles. The smallest absolute Gasteiger partial charge is 0.0718 e. The van der Waals surface area contributed by atoms with Gasteiger partial charge in [0.25, 0.3) is 0 Å². The van der Waals surface area contributed by atoms with Gasteiger partial charge in [-0.05, 0) is 11.8 Å². The molecule has 1 atom stereocenters. The lowest BCUT2D eigenvalue weighted by molar-refractivity contribution is 1.39. The van der Waals surface area contributed by atoms with E-state index in [9.17, 15) is 0 Å². The summed E-state index contributed by atoms with van der Waals surface area (Å²) in [6.07, 6.45) is 2.06. The van der Waals surface area contributed by atoms with Crippen molar-refractivity contribution in [2.75, 3.05) is 6.26 Å². The maximum absolute atomic E-state index is 4.38. The van der Waals surface area contributed by atoms with E-state index in [1.54, 1.807) is 11.8 Å². The fourth-order valence-electron chi connectivity index (χ4n) is 0.754. The first-order chi connectivity index (χ1) is 4.84. The van der Waals surface area contributed by atoms with Gasteiger partial charge in [0.1, 0.15) is 0 Å². The molecule has 0 spiro atoms. The molecule has 0 amide bonds. The van der Waals surface area contributed by atoms with Crippen molar-refractivity contribution in [2.45, 2.75) is 4.58 Å². The highest BCUT2D eigenvalue weighted by Gasteiger charge is 2.00. The second-order valence-corrected chi connectivity index (χ2v) is 3.81. The molecule has 0 heterocycles. The number of thiol groups is 1. The number of hydrogen-bond acceptors (Lipinski definition) is 2. The molecule has 1 unspecified atom stereocenters. The Kier molecular flexibility index (Phi) is 3.16. The quantitative estimate of drug-likeness (QED) is 0.526. The Morgan fingerprint density at radius 1 is 1.30 bits per heavy atom. The van der Waals surface area contributed by atoms with Crippen LogP contribution in [0.15, 0.2) is 30.3 Å². The van der Waals surface area contributed by atoms with E-state index in [-0.39, 0.29) is 0 Å². The minimum absolute atomic E-state index is 0.321. The summed E-state index contributed by atoms with van der Waals surface area (Å²) in [6, 6.07) is 10.3. The predicted octanol–water partition coefficient (Wildman–Crippen LogP) is 2.98. The summed E-state index contributed by atoms with van der Waals surface area (Å²) in [7, 11) is 0. The van der Waals surface area contributed by atoms with E-state index in [1.165, 1.54) is 5.56 Å². The molecule has 2 heteroatoms. The van der Waals surface area contributed by atoms with E-state index in [1.807, 2.05) is 18.2 Å². The van der Waals surface area contributed by atoms with Crippen molar-refractivity contribution in [3.8, 4) is 0 Å². The zero-order valence-corrected chi connectivity index (χ0v) is 7.53. The van der Waals surface area contributed by atoms with Gasteiger partial charge in [0.05, 0.1) is 4.58 Å². The van der Waals surface area contributed by atoms with Gasteiger partial charge in [-0.2, -0.15) is 12.6 Å².